The Morgan fingerprint density at radius 1 is 0.842 bits per heavy atom. The smallest absolute Gasteiger partial charge is 0.400 e. The van der Waals surface area contributed by atoms with Crippen molar-refractivity contribution < 1.29 is 22.4 Å². The van der Waals surface area contributed by atoms with Crippen molar-refractivity contribution in [2.75, 3.05) is 12.3 Å². The molecule has 0 spiro atoms. The SMILES string of the molecule is NCC(F)(F)F.O=CC1(CCCCCSc2nnc(-c3ccccc3)o2)c2ccccc2-c2ccccc21. The molecule has 1 heterocycles. The molecule has 0 fully saturated rings. The van der Waals surface area contributed by atoms with Crippen LogP contribution in [0.25, 0.3) is 22.6 Å². The minimum absolute atomic E-state index is 0.530. The number of carbonyl (C=O) groups excluding carboxylic acids is 1. The molecular formula is C29H28F3N3O2S. The van der Waals surface area contributed by atoms with Crippen LogP contribution in [0, 0.1) is 0 Å². The number of hydrogen-bond acceptors (Lipinski definition) is 6. The Morgan fingerprint density at radius 2 is 1.42 bits per heavy atom. The predicted molar refractivity (Wildman–Crippen MR) is 143 cm³/mol. The number of aldehydes is 1. The van der Waals surface area contributed by atoms with Crippen LogP contribution in [0.3, 0.4) is 0 Å². The lowest BCUT2D eigenvalue weighted by Crippen LogP contribution is -2.27. The first-order valence-electron chi connectivity index (χ1n) is 12.3. The highest BCUT2D eigenvalue weighted by Crippen LogP contribution is 2.50. The molecule has 0 radical (unpaired) electrons. The topological polar surface area (TPSA) is 82.0 Å². The van der Waals surface area contributed by atoms with Crippen LogP contribution in [0.2, 0.25) is 0 Å². The third-order valence-electron chi connectivity index (χ3n) is 6.41. The van der Waals surface area contributed by atoms with Gasteiger partial charge >= 0.3 is 6.18 Å². The van der Waals surface area contributed by atoms with Crippen LogP contribution in [-0.4, -0.2) is 35.0 Å². The molecular weight excluding hydrogens is 511 g/mol. The van der Waals surface area contributed by atoms with Gasteiger partial charge in [-0.3, -0.25) is 0 Å². The number of aromatic nitrogens is 2. The standard InChI is InChI=1S/C27H24N2O2S.C2H4F3N/c30-19-27(23-15-7-5-13-21(23)22-14-6-8-16-24(22)27)17-9-2-10-18-32-26-29-28-25(31-26)20-11-3-1-4-12-20;3-2(4,5)1-6/h1,3-8,11-16,19H,2,9-10,17-18H2;1,6H2. The highest BCUT2D eigenvalue weighted by atomic mass is 32.2. The lowest BCUT2D eigenvalue weighted by Gasteiger charge is -2.25. The minimum Gasteiger partial charge on any atom is -0.411 e. The Bertz CT molecular complexity index is 1300. The fourth-order valence-corrected chi connectivity index (χ4v) is 5.38. The molecule has 1 aliphatic carbocycles. The second kappa shape index (κ2) is 12.4. The molecule has 3 aromatic carbocycles. The summed E-state index contributed by atoms with van der Waals surface area (Å²) in [7, 11) is 0. The zero-order valence-corrected chi connectivity index (χ0v) is 21.5. The van der Waals surface area contributed by atoms with Gasteiger partial charge in [0.15, 0.2) is 0 Å². The summed E-state index contributed by atoms with van der Waals surface area (Å²) in [4.78, 5) is 12.4. The maximum atomic E-state index is 12.4. The normalized spacial score (nSPS) is 13.3. The molecule has 0 amide bonds. The molecule has 9 heteroatoms. The van der Waals surface area contributed by atoms with E-state index in [9.17, 15) is 18.0 Å². The molecule has 0 unspecified atom stereocenters. The molecule has 4 aromatic rings. The molecule has 0 bridgehead atoms. The number of fused-ring (bicyclic) bond motifs is 3. The average molecular weight is 540 g/mol. The number of benzene rings is 3. The van der Waals surface area contributed by atoms with Gasteiger partial charge in [0.2, 0.25) is 5.89 Å². The first kappa shape index (κ1) is 27.6. The number of hydrogen-bond donors (Lipinski definition) is 1. The van der Waals surface area contributed by atoms with Gasteiger partial charge in [0.25, 0.3) is 5.22 Å². The quantitative estimate of drug-likeness (QED) is 0.139. The lowest BCUT2D eigenvalue weighted by molar-refractivity contribution is -0.118. The van der Waals surface area contributed by atoms with Crippen LogP contribution in [0.1, 0.15) is 36.8 Å². The molecule has 0 aliphatic heterocycles. The molecule has 0 saturated carbocycles. The van der Waals surface area contributed by atoms with Gasteiger partial charge in [-0.25, -0.2) is 0 Å². The van der Waals surface area contributed by atoms with E-state index in [2.05, 4.69) is 52.3 Å². The molecule has 5 nitrogen and oxygen atoms in total. The summed E-state index contributed by atoms with van der Waals surface area (Å²) < 4.78 is 37.7. The Morgan fingerprint density at radius 3 is 2.00 bits per heavy atom. The number of alkyl halides is 3. The maximum Gasteiger partial charge on any atom is 0.400 e. The number of halogens is 3. The monoisotopic (exact) mass is 539 g/mol. The van der Waals surface area contributed by atoms with E-state index in [0.29, 0.717) is 11.1 Å². The van der Waals surface area contributed by atoms with Gasteiger partial charge in [0, 0.05) is 11.3 Å². The summed E-state index contributed by atoms with van der Waals surface area (Å²) in [5.41, 5.74) is 9.25. The highest BCUT2D eigenvalue weighted by Gasteiger charge is 2.42. The first-order chi connectivity index (χ1) is 18.4. The third-order valence-corrected chi connectivity index (χ3v) is 7.31. The molecule has 38 heavy (non-hydrogen) atoms. The summed E-state index contributed by atoms with van der Waals surface area (Å²) in [6, 6.07) is 26.5. The van der Waals surface area contributed by atoms with Gasteiger partial charge in [-0.2, -0.15) is 13.2 Å². The van der Waals surface area contributed by atoms with Crippen LogP contribution < -0.4 is 5.73 Å². The number of rotatable bonds is 9. The lowest BCUT2D eigenvalue weighted by atomic mass is 9.75. The largest absolute Gasteiger partial charge is 0.411 e. The number of unbranched alkanes of at least 4 members (excludes halogenated alkanes) is 2. The van der Waals surface area contributed by atoms with Gasteiger partial charge in [0.1, 0.15) is 6.29 Å². The summed E-state index contributed by atoms with van der Waals surface area (Å²) in [6.07, 6.45) is 0.878. The summed E-state index contributed by atoms with van der Waals surface area (Å²) in [6.45, 7) is -1.23. The number of nitrogens with two attached hydrogens (primary N) is 1. The van der Waals surface area contributed by atoms with Crippen molar-refractivity contribution in [3.63, 3.8) is 0 Å². The van der Waals surface area contributed by atoms with E-state index in [-0.39, 0.29) is 0 Å². The van der Waals surface area contributed by atoms with Crippen molar-refractivity contribution in [1.29, 1.82) is 0 Å². The number of thioether (sulfide) groups is 1. The second-order valence-corrected chi connectivity index (χ2v) is 9.94. The van der Waals surface area contributed by atoms with Crippen molar-refractivity contribution in [1.82, 2.24) is 10.2 Å². The fourth-order valence-electron chi connectivity index (χ4n) is 4.62. The van der Waals surface area contributed by atoms with E-state index in [4.69, 9.17) is 4.42 Å². The van der Waals surface area contributed by atoms with E-state index in [1.807, 2.05) is 42.5 Å². The van der Waals surface area contributed by atoms with Crippen LogP contribution in [-0.2, 0) is 10.2 Å². The van der Waals surface area contributed by atoms with Crippen LogP contribution in [0.15, 0.2) is 88.5 Å². The summed E-state index contributed by atoms with van der Waals surface area (Å²) in [5.74, 6) is 1.47. The van der Waals surface area contributed by atoms with Crippen LogP contribution in [0.4, 0.5) is 13.2 Å². The molecule has 5 rings (SSSR count). The third kappa shape index (κ3) is 6.34. The van der Waals surface area contributed by atoms with Crippen LogP contribution in [0.5, 0.6) is 0 Å². The van der Waals surface area contributed by atoms with Crippen molar-refractivity contribution in [3.05, 3.63) is 90.0 Å². The molecule has 1 aromatic heterocycles. The van der Waals surface area contributed by atoms with Gasteiger partial charge < -0.3 is 14.9 Å². The summed E-state index contributed by atoms with van der Waals surface area (Å²) in [5, 5.41) is 8.89. The molecule has 198 valence electrons. The number of nitrogens with zero attached hydrogens (tertiary/aromatic N) is 2. The Kier molecular flexibility index (Phi) is 9.01. The van der Waals surface area contributed by atoms with E-state index < -0.39 is 18.1 Å². The van der Waals surface area contributed by atoms with Gasteiger partial charge in [-0.15, -0.1) is 10.2 Å². The predicted octanol–water partition coefficient (Wildman–Crippen LogP) is 7.06. The highest BCUT2D eigenvalue weighted by molar-refractivity contribution is 7.99. The van der Waals surface area contributed by atoms with E-state index >= 15 is 0 Å². The Hall–Kier alpha value is -3.43. The van der Waals surface area contributed by atoms with Crippen molar-refractivity contribution in [2.45, 2.75) is 42.5 Å². The molecule has 2 N–H and O–H groups in total. The van der Waals surface area contributed by atoms with Crippen molar-refractivity contribution in [2.24, 2.45) is 5.73 Å². The van der Waals surface area contributed by atoms with Crippen molar-refractivity contribution >= 4 is 18.0 Å². The number of carbonyl (C=O) groups is 1. The van der Waals surface area contributed by atoms with Gasteiger partial charge in [-0.05, 0) is 47.2 Å². The maximum absolute atomic E-state index is 12.4. The second-order valence-electron chi connectivity index (χ2n) is 8.90. The van der Waals surface area contributed by atoms with Crippen molar-refractivity contribution in [3.8, 4) is 22.6 Å². The Balaban J connectivity index is 0.000000505. The summed E-state index contributed by atoms with van der Waals surface area (Å²) >= 11 is 1.59. The zero-order chi connectivity index (χ0) is 27.0. The van der Waals surface area contributed by atoms with Gasteiger partial charge in [-0.1, -0.05) is 91.3 Å². The average Bonchev–Trinajstić information content (AvgIpc) is 3.53. The van der Waals surface area contributed by atoms with E-state index in [0.717, 1.165) is 54.4 Å². The minimum atomic E-state index is -4.18. The van der Waals surface area contributed by atoms with E-state index in [1.165, 1.54) is 11.1 Å². The fraction of sp³-hybridized carbons (Fsp3) is 0.276. The van der Waals surface area contributed by atoms with Gasteiger partial charge in [0.05, 0.1) is 12.0 Å². The molecule has 0 saturated heterocycles. The van der Waals surface area contributed by atoms with E-state index in [1.54, 1.807) is 11.8 Å². The molecule has 1 aliphatic rings. The first-order valence-corrected chi connectivity index (χ1v) is 13.3. The Labute approximate surface area is 223 Å². The zero-order valence-electron chi connectivity index (χ0n) is 20.7. The molecule has 0 atom stereocenters. The van der Waals surface area contributed by atoms with Crippen LogP contribution >= 0.6 is 11.8 Å².